The predicted molar refractivity (Wildman–Crippen MR) is 90.9 cm³/mol. The van der Waals surface area contributed by atoms with E-state index in [4.69, 9.17) is 4.74 Å². The molecule has 0 unspecified atom stereocenters. The van der Waals surface area contributed by atoms with Crippen LogP contribution in [0.1, 0.15) is 11.1 Å². The Hall–Kier alpha value is -2.94. The number of hydrogen-bond acceptors (Lipinski definition) is 2. The molecule has 114 valence electrons. The lowest BCUT2D eigenvalue weighted by Crippen LogP contribution is -1.94. The number of ether oxygens (including phenoxy) is 1. The quantitative estimate of drug-likeness (QED) is 0.597. The van der Waals surface area contributed by atoms with Crippen LogP contribution in [-0.4, -0.2) is 6.21 Å². The van der Waals surface area contributed by atoms with Crippen LogP contribution >= 0.6 is 0 Å². The molecule has 0 aromatic heterocycles. The van der Waals surface area contributed by atoms with Crippen molar-refractivity contribution in [1.29, 1.82) is 0 Å². The van der Waals surface area contributed by atoms with Crippen molar-refractivity contribution in [2.24, 2.45) is 4.99 Å². The van der Waals surface area contributed by atoms with Gasteiger partial charge in [0.05, 0.1) is 5.69 Å². The molecule has 3 rings (SSSR count). The molecule has 0 spiro atoms. The molecule has 0 aliphatic heterocycles. The summed E-state index contributed by atoms with van der Waals surface area (Å²) in [5.41, 5.74) is 2.65. The van der Waals surface area contributed by atoms with Crippen molar-refractivity contribution in [2.75, 3.05) is 0 Å². The summed E-state index contributed by atoms with van der Waals surface area (Å²) in [5, 5.41) is 0. The fourth-order valence-corrected chi connectivity index (χ4v) is 2.10. The molecule has 3 aromatic rings. The third-order valence-corrected chi connectivity index (χ3v) is 3.30. The second kappa shape index (κ2) is 7.36. The van der Waals surface area contributed by atoms with Gasteiger partial charge in [-0.05, 0) is 53.6 Å². The average Bonchev–Trinajstić information content (AvgIpc) is 2.60. The van der Waals surface area contributed by atoms with E-state index in [1.165, 1.54) is 12.1 Å². The maximum absolute atomic E-state index is 13.1. The van der Waals surface area contributed by atoms with Gasteiger partial charge >= 0.3 is 0 Å². The normalized spacial score (nSPS) is 10.8. The summed E-state index contributed by atoms with van der Waals surface area (Å²) in [4.78, 5) is 4.25. The van der Waals surface area contributed by atoms with E-state index in [0.29, 0.717) is 12.3 Å². The van der Waals surface area contributed by atoms with Crippen molar-refractivity contribution in [3.8, 4) is 5.75 Å². The van der Waals surface area contributed by atoms with Crippen LogP contribution in [-0.2, 0) is 6.61 Å². The van der Waals surface area contributed by atoms with Gasteiger partial charge in [0.25, 0.3) is 0 Å². The number of nitrogens with zero attached hydrogens (tertiary/aromatic N) is 1. The van der Waals surface area contributed by atoms with Gasteiger partial charge in [-0.15, -0.1) is 0 Å². The first kappa shape index (κ1) is 15.0. The summed E-state index contributed by atoms with van der Waals surface area (Å²) in [6, 6.07) is 23.9. The minimum absolute atomic E-state index is 0.288. The van der Waals surface area contributed by atoms with Gasteiger partial charge in [0.15, 0.2) is 0 Å². The summed E-state index contributed by atoms with van der Waals surface area (Å²) in [7, 11) is 0. The van der Waals surface area contributed by atoms with Gasteiger partial charge in [-0.25, -0.2) is 4.39 Å². The highest BCUT2D eigenvalue weighted by atomic mass is 19.1. The van der Waals surface area contributed by atoms with E-state index in [0.717, 1.165) is 16.9 Å². The predicted octanol–water partition coefficient (Wildman–Crippen LogP) is 5.16. The molecule has 0 radical (unpaired) electrons. The molecule has 0 fully saturated rings. The van der Waals surface area contributed by atoms with Crippen LogP contribution in [0.25, 0.3) is 0 Å². The molecular formula is C20H16FNO. The van der Waals surface area contributed by atoms with E-state index in [1.807, 2.05) is 54.6 Å². The van der Waals surface area contributed by atoms with Gasteiger partial charge in [0.1, 0.15) is 18.2 Å². The van der Waals surface area contributed by atoms with Crippen LogP contribution in [0.5, 0.6) is 5.75 Å². The molecule has 0 atom stereocenters. The lowest BCUT2D eigenvalue weighted by atomic mass is 10.2. The largest absolute Gasteiger partial charge is 0.489 e. The molecule has 3 aromatic carbocycles. The Morgan fingerprint density at radius 2 is 1.65 bits per heavy atom. The second-order valence-electron chi connectivity index (χ2n) is 5.08. The average molecular weight is 305 g/mol. The van der Waals surface area contributed by atoms with Crippen LogP contribution in [0.2, 0.25) is 0 Å². The molecule has 0 bridgehead atoms. The van der Waals surface area contributed by atoms with Gasteiger partial charge in [-0.2, -0.15) is 0 Å². The van der Waals surface area contributed by atoms with Crippen LogP contribution in [0.3, 0.4) is 0 Å². The SMILES string of the molecule is Fc1cccc(N=Cc2ccc(OCc3ccccc3)cc2)c1. The number of rotatable bonds is 5. The van der Waals surface area contributed by atoms with Crippen LogP contribution < -0.4 is 4.74 Å². The van der Waals surface area contributed by atoms with Crippen molar-refractivity contribution in [2.45, 2.75) is 6.61 Å². The summed E-state index contributed by atoms with van der Waals surface area (Å²) < 4.78 is 18.8. The van der Waals surface area contributed by atoms with Gasteiger partial charge in [0.2, 0.25) is 0 Å². The Labute approximate surface area is 134 Å². The van der Waals surface area contributed by atoms with Gasteiger partial charge in [-0.1, -0.05) is 36.4 Å². The standard InChI is InChI=1S/C20H16FNO/c21-18-7-4-8-19(13-18)22-14-16-9-11-20(12-10-16)23-15-17-5-2-1-3-6-17/h1-14H,15H2. The topological polar surface area (TPSA) is 21.6 Å². The maximum Gasteiger partial charge on any atom is 0.125 e. The van der Waals surface area contributed by atoms with Gasteiger partial charge in [-0.3, -0.25) is 4.99 Å². The Bertz CT molecular complexity index is 782. The van der Waals surface area contributed by atoms with E-state index in [9.17, 15) is 4.39 Å². The lowest BCUT2D eigenvalue weighted by molar-refractivity contribution is 0.306. The fourth-order valence-electron chi connectivity index (χ4n) is 2.10. The number of benzene rings is 3. The van der Waals surface area contributed by atoms with E-state index in [-0.39, 0.29) is 5.82 Å². The van der Waals surface area contributed by atoms with E-state index in [2.05, 4.69) is 4.99 Å². The Kier molecular flexibility index (Phi) is 4.79. The van der Waals surface area contributed by atoms with Crippen molar-refractivity contribution in [1.82, 2.24) is 0 Å². The number of halogens is 1. The highest BCUT2D eigenvalue weighted by Gasteiger charge is 1.96. The smallest absolute Gasteiger partial charge is 0.125 e. The zero-order valence-corrected chi connectivity index (χ0v) is 12.5. The summed E-state index contributed by atoms with van der Waals surface area (Å²) in [6.45, 7) is 0.539. The zero-order valence-electron chi connectivity index (χ0n) is 12.5. The summed E-state index contributed by atoms with van der Waals surface area (Å²) >= 11 is 0. The summed E-state index contributed by atoms with van der Waals surface area (Å²) in [5.74, 6) is 0.515. The lowest BCUT2D eigenvalue weighted by Gasteiger charge is -2.06. The third kappa shape index (κ3) is 4.51. The molecule has 0 amide bonds. The first-order valence-electron chi connectivity index (χ1n) is 7.36. The highest BCUT2D eigenvalue weighted by molar-refractivity contribution is 5.82. The molecule has 0 heterocycles. The van der Waals surface area contributed by atoms with Gasteiger partial charge < -0.3 is 4.74 Å². The maximum atomic E-state index is 13.1. The Morgan fingerprint density at radius 3 is 2.39 bits per heavy atom. The zero-order chi connectivity index (χ0) is 15.9. The fraction of sp³-hybridized carbons (Fsp3) is 0.0500. The molecule has 0 aliphatic carbocycles. The minimum atomic E-state index is -0.288. The first-order valence-corrected chi connectivity index (χ1v) is 7.36. The van der Waals surface area contributed by atoms with Crippen molar-refractivity contribution >= 4 is 11.9 Å². The molecule has 0 N–H and O–H groups in total. The molecule has 2 nitrogen and oxygen atoms in total. The summed E-state index contributed by atoms with van der Waals surface area (Å²) in [6.07, 6.45) is 1.70. The van der Waals surface area contributed by atoms with Gasteiger partial charge in [0, 0.05) is 6.21 Å². The molecule has 0 aliphatic rings. The van der Waals surface area contributed by atoms with Crippen molar-refractivity contribution in [3.63, 3.8) is 0 Å². The van der Waals surface area contributed by atoms with Crippen molar-refractivity contribution in [3.05, 3.63) is 95.8 Å². The second-order valence-corrected chi connectivity index (χ2v) is 5.08. The van der Waals surface area contributed by atoms with E-state index in [1.54, 1.807) is 18.3 Å². The molecule has 3 heteroatoms. The monoisotopic (exact) mass is 305 g/mol. The number of hydrogen-bond donors (Lipinski definition) is 0. The highest BCUT2D eigenvalue weighted by Crippen LogP contribution is 2.16. The Morgan fingerprint density at radius 1 is 0.870 bits per heavy atom. The van der Waals surface area contributed by atoms with Crippen LogP contribution in [0.15, 0.2) is 83.9 Å². The molecule has 0 saturated heterocycles. The van der Waals surface area contributed by atoms with Crippen LogP contribution in [0.4, 0.5) is 10.1 Å². The number of aliphatic imine (C=N–C) groups is 1. The molecular weight excluding hydrogens is 289 g/mol. The van der Waals surface area contributed by atoms with Crippen molar-refractivity contribution < 1.29 is 9.13 Å². The van der Waals surface area contributed by atoms with Crippen LogP contribution in [0, 0.1) is 5.82 Å². The minimum Gasteiger partial charge on any atom is -0.489 e. The van der Waals surface area contributed by atoms with E-state index < -0.39 is 0 Å². The molecule has 23 heavy (non-hydrogen) atoms. The first-order chi connectivity index (χ1) is 11.3. The molecule has 0 saturated carbocycles. The van der Waals surface area contributed by atoms with E-state index >= 15 is 0 Å². The Balaban J connectivity index is 1.61. The third-order valence-electron chi connectivity index (χ3n) is 3.30.